The van der Waals surface area contributed by atoms with E-state index >= 15 is 0 Å². The Morgan fingerprint density at radius 2 is 1.42 bits per heavy atom. The molecule has 0 aromatic carbocycles. The lowest BCUT2D eigenvalue weighted by Crippen LogP contribution is -1.95. The van der Waals surface area contributed by atoms with Gasteiger partial charge >= 0.3 is 0 Å². The highest BCUT2D eigenvalue weighted by Gasteiger charge is 1.99. The molecule has 0 aliphatic carbocycles. The van der Waals surface area contributed by atoms with E-state index < -0.39 is 0 Å². The summed E-state index contributed by atoms with van der Waals surface area (Å²) in [6, 6.07) is 0. The van der Waals surface area contributed by atoms with Gasteiger partial charge in [-0.2, -0.15) is 0 Å². The summed E-state index contributed by atoms with van der Waals surface area (Å²) in [5.74, 6) is 8.42. The summed E-state index contributed by atoms with van der Waals surface area (Å²) in [7, 11) is 0. The maximum Gasteiger partial charge on any atom is 0.0174 e. The fourth-order valence-electron chi connectivity index (χ4n) is 0.964. The molecule has 1 unspecified atom stereocenters. The smallest absolute Gasteiger partial charge is 0.0174 e. The third-order valence-corrected chi connectivity index (χ3v) is 1.80. The first-order chi connectivity index (χ1) is 5.52. The molecule has 0 N–H and O–H groups in total. The number of rotatable bonds is 3. The standard InChI is InChI=1S/C12H22/c1-10(2)6-8-12(5)9-7-11(3)4/h10-12H,6,8H2,1-5H3. The SMILES string of the molecule is CC(C)C#CC(C)CCC(C)C. The second-order valence-corrected chi connectivity index (χ2v) is 4.32. The van der Waals surface area contributed by atoms with Gasteiger partial charge in [0.05, 0.1) is 0 Å². The molecule has 0 heterocycles. The molecule has 0 saturated heterocycles. The van der Waals surface area contributed by atoms with E-state index in [1.807, 2.05) is 0 Å². The van der Waals surface area contributed by atoms with Crippen molar-refractivity contribution in [2.75, 3.05) is 0 Å². The zero-order chi connectivity index (χ0) is 9.56. The Kier molecular flexibility index (Phi) is 5.89. The van der Waals surface area contributed by atoms with Gasteiger partial charge in [0, 0.05) is 11.8 Å². The highest BCUT2D eigenvalue weighted by atomic mass is 14.0. The van der Waals surface area contributed by atoms with Crippen LogP contribution in [-0.2, 0) is 0 Å². The third-order valence-electron chi connectivity index (χ3n) is 1.80. The van der Waals surface area contributed by atoms with Crippen molar-refractivity contribution in [2.24, 2.45) is 17.8 Å². The summed E-state index contributed by atoms with van der Waals surface area (Å²) in [4.78, 5) is 0. The van der Waals surface area contributed by atoms with E-state index in [1.54, 1.807) is 0 Å². The first-order valence-corrected chi connectivity index (χ1v) is 5.03. The van der Waals surface area contributed by atoms with E-state index in [0.29, 0.717) is 11.8 Å². The largest absolute Gasteiger partial charge is 0.100 e. The van der Waals surface area contributed by atoms with Gasteiger partial charge in [-0.1, -0.05) is 40.5 Å². The molecule has 1 atom stereocenters. The van der Waals surface area contributed by atoms with Gasteiger partial charge in [0.15, 0.2) is 0 Å². The maximum absolute atomic E-state index is 3.29. The van der Waals surface area contributed by atoms with Crippen molar-refractivity contribution >= 4 is 0 Å². The van der Waals surface area contributed by atoms with E-state index in [-0.39, 0.29) is 0 Å². The van der Waals surface area contributed by atoms with Crippen LogP contribution in [0.5, 0.6) is 0 Å². The van der Waals surface area contributed by atoms with Crippen LogP contribution in [-0.4, -0.2) is 0 Å². The average molecular weight is 166 g/mol. The zero-order valence-corrected chi connectivity index (χ0v) is 9.15. The van der Waals surface area contributed by atoms with Crippen LogP contribution >= 0.6 is 0 Å². The molecule has 0 radical (unpaired) electrons. The summed E-state index contributed by atoms with van der Waals surface area (Å²) in [5, 5.41) is 0. The normalized spacial score (nSPS) is 12.9. The highest BCUT2D eigenvalue weighted by Crippen LogP contribution is 2.10. The molecule has 0 saturated carbocycles. The molecular weight excluding hydrogens is 144 g/mol. The Morgan fingerprint density at radius 1 is 0.833 bits per heavy atom. The molecule has 0 rings (SSSR count). The fraction of sp³-hybridized carbons (Fsp3) is 0.833. The van der Waals surface area contributed by atoms with Crippen LogP contribution in [0.1, 0.15) is 47.5 Å². The van der Waals surface area contributed by atoms with Crippen LogP contribution in [0, 0.1) is 29.6 Å². The van der Waals surface area contributed by atoms with E-state index in [2.05, 4.69) is 46.5 Å². The molecule has 0 aliphatic rings. The predicted octanol–water partition coefficient (Wildman–Crippen LogP) is 3.72. The van der Waals surface area contributed by atoms with Crippen LogP contribution in [0.2, 0.25) is 0 Å². The molecule has 0 amide bonds. The molecule has 12 heavy (non-hydrogen) atoms. The minimum atomic E-state index is 0.520. The summed E-state index contributed by atoms with van der Waals surface area (Å²) in [5.41, 5.74) is 0. The molecule has 0 aliphatic heterocycles. The van der Waals surface area contributed by atoms with Crippen molar-refractivity contribution in [3.05, 3.63) is 0 Å². The molecule has 70 valence electrons. The summed E-state index contributed by atoms with van der Waals surface area (Å²) >= 11 is 0. The number of hydrogen-bond acceptors (Lipinski definition) is 0. The Hall–Kier alpha value is -0.440. The van der Waals surface area contributed by atoms with E-state index in [9.17, 15) is 0 Å². The monoisotopic (exact) mass is 166 g/mol. The Morgan fingerprint density at radius 3 is 1.83 bits per heavy atom. The van der Waals surface area contributed by atoms with Crippen LogP contribution in [0.25, 0.3) is 0 Å². The van der Waals surface area contributed by atoms with Crippen molar-refractivity contribution in [3.8, 4) is 11.8 Å². The lowest BCUT2D eigenvalue weighted by Gasteiger charge is -2.06. The van der Waals surface area contributed by atoms with Gasteiger partial charge in [-0.05, 0) is 18.8 Å². The fourth-order valence-corrected chi connectivity index (χ4v) is 0.964. The molecule has 0 fully saturated rings. The zero-order valence-electron chi connectivity index (χ0n) is 9.15. The molecule has 0 heteroatoms. The second kappa shape index (κ2) is 6.12. The van der Waals surface area contributed by atoms with Gasteiger partial charge in [-0.15, -0.1) is 5.92 Å². The maximum atomic E-state index is 3.29. The molecule has 0 nitrogen and oxygen atoms in total. The lowest BCUT2D eigenvalue weighted by molar-refractivity contribution is 0.509. The minimum absolute atomic E-state index is 0.520. The second-order valence-electron chi connectivity index (χ2n) is 4.32. The van der Waals surface area contributed by atoms with E-state index in [4.69, 9.17) is 0 Å². The molecule has 0 aromatic rings. The quantitative estimate of drug-likeness (QED) is 0.561. The van der Waals surface area contributed by atoms with Crippen molar-refractivity contribution in [1.29, 1.82) is 0 Å². The van der Waals surface area contributed by atoms with Gasteiger partial charge in [-0.25, -0.2) is 0 Å². The summed E-state index contributed by atoms with van der Waals surface area (Å²) in [6.45, 7) is 11.0. The molecule has 0 spiro atoms. The van der Waals surface area contributed by atoms with Gasteiger partial charge in [0.25, 0.3) is 0 Å². The summed E-state index contributed by atoms with van der Waals surface area (Å²) < 4.78 is 0. The molecule has 0 bridgehead atoms. The Bertz CT molecular complexity index is 155. The van der Waals surface area contributed by atoms with Gasteiger partial charge < -0.3 is 0 Å². The van der Waals surface area contributed by atoms with Gasteiger partial charge in [-0.3, -0.25) is 0 Å². The van der Waals surface area contributed by atoms with Crippen LogP contribution in [0.15, 0.2) is 0 Å². The number of hydrogen-bond donors (Lipinski definition) is 0. The van der Waals surface area contributed by atoms with Crippen molar-refractivity contribution < 1.29 is 0 Å². The predicted molar refractivity (Wildman–Crippen MR) is 55.9 cm³/mol. The topological polar surface area (TPSA) is 0 Å². The first-order valence-electron chi connectivity index (χ1n) is 5.03. The molecular formula is C12H22. The lowest BCUT2D eigenvalue weighted by atomic mass is 9.99. The van der Waals surface area contributed by atoms with Crippen molar-refractivity contribution in [3.63, 3.8) is 0 Å². The Labute approximate surface area is 77.8 Å². The van der Waals surface area contributed by atoms with Crippen molar-refractivity contribution in [1.82, 2.24) is 0 Å². The molecule has 0 aromatic heterocycles. The third kappa shape index (κ3) is 7.66. The van der Waals surface area contributed by atoms with Gasteiger partial charge in [0.1, 0.15) is 0 Å². The van der Waals surface area contributed by atoms with E-state index in [0.717, 1.165) is 5.92 Å². The van der Waals surface area contributed by atoms with Crippen LogP contribution in [0.4, 0.5) is 0 Å². The highest BCUT2D eigenvalue weighted by molar-refractivity contribution is 5.04. The average Bonchev–Trinajstić information content (AvgIpc) is 1.96. The minimum Gasteiger partial charge on any atom is -0.100 e. The van der Waals surface area contributed by atoms with Crippen LogP contribution in [0.3, 0.4) is 0 Å². The van der Waals surface area contributed by atoms with E-state index in [1.165, 1.54) is 12.8 Å². The summed E-state index contributed by atoms with van der Waals surface area (Å²) in [6.07, 6.45) is 2.55. The first kappa shape index (κ1) is 11.6. The Balaban J connectivity index is 3.61. The van der Waals surface area contributed by atoms with Crippen LogP contribution < -0.4 is 0 Å². The van der Waals surface area contributed by atoms with Gasteiger partial charge in [0.2, 0.25) is 0 Å². The van der Waals surface area contributed by atoms with Crippen molar-refractivity contribution in [2.45, 2.75) is 47.5 Å².